The molecule has 1 aliphatic rings. The van der Waals surface area contributed by atoms with Crippen molar-refractivity contribution in [3.63, 3.8) is 0 Å². The Morgan fingerprint density at radius 1 is 0.857 bits per heavy atom. The molecule has 0 amide bonds. The molecule has 14 heavy (non-hydrogen) atoms. The van der Waals surface area contributed by atoms with Gasteiger partial charge in [-0.2, -0.15) is 0 Å². The van der Waals surface area contributed by atoms with Gasteiger partial charge in [0, 0.05) is 24.8 Å². The number of aryl methyl sites for hydroxylation is 1. The minimum Gasteiger partial charge on any atom is -0.300 e. The van der Waals surface area contributed by atoms with E-state index in [1.165, 1.54) is 0 Å². The second-order valence-electron chi connectivity index (χ2n) is 3.62. The van der Waals surface area contributed by atoms with Crippen molar-refractivity contribution in [1.82, 2.24) is 0 Å². The van der Waals surface area contributed by atoms with Crippen LogP contribution in [-0.2, 0) is 11.2 Å². The third kappa shape index (κ3) is 1.74. The third-order valence-electron chi connectivity index (χ3n) is 2.62. The number of fused-ring (bicyclic) bond motifs is 1. The van der Waals surface area contributed by atoms with E-state index >= 15 is 0 Å². The molecule has 0 fully saturated rings. The second kappa shape index (κ2) is 3.74. The summed E-state index contributed by atoms with van der Waals surface area (Å²) in [6.07, 6.45) is 2.06. The molecule has 2 nitrogen and oxygen atoms in total. The molecule has 0 atom stereocenters. The first-order valence-electron chi connectivity index (χ1n) is 4.90. The number of benzene rings is 1. The summed E-state index contributed by atoms with van der Waals surface area (Å²) in [5.74, 6) is 0.307. The number of hydrogen-bond donors (Lipinski definition) is 0. The van der Waals surface area contributed by atoms with Gasteiger partial charge in [0.05, 0.1) is 0 Å². The molecule has 1 aromatic rings. The highest BCUT2D eigenvalue weighted by molar-refractivity contribution is 6.00. The lowest BCUT2D eigenvalue weighted by molar-refractivity contribution is -0.119. The molecule has 0 aliphatic heterocycles. The standard InChI is InChI=1S/C12H12O2/c13-10-6-5-9-3-1-2-4-11(9)12(14)8-7-10/h1-4H,5-8H2. The molecule has 0 N–H and O–H groups in total. The smallest absolute Gasteiger partial charge is 0.163 e. The van der Waals surface area contributed by atoms with Crippen molar-refractivity contribution in [3.8, 4) is 0 Å². The topological polar surface area (TPSA) is 34.1 Å². The third-order valence-corrected chi connectivity index (χ3v) is 2.62. The molecular weight excluding hydrogens is 176 g/mol. The summed E-state index contributed by atoms with van der Waals surface area (Å²) >= 11 is 0. The lowest BCUT2D eigenvalue weighted by atomic mass is 9.92. The van der Waals surface area contributed by atoms with Gasteiger partial charge in [0.25, 0.3) is 0 Å². The number of hydrogen-bond acceptors (Lipinski definition) is 2. The molecule has 0 saturated heterocycles. The van der Waals surface area contributed by atoms with Crippen LogP contribution in [0.15, 0.2) is 24.3 Å². The molecular formula is C12H12O2. The van der Waals surface area contributed by atoms with E-state index in [2.05, 4.69) is 0 Å². The van der Waals surface area contributed by atoms with Crippen LogP contribution >= 0.6 is 0 Å². The van der Waals surface area contributed by atoms with E-state index in [0.717, 1.165) is 11.1 Å². The van der Waals surface area contributed by atoms with Gasteiger partial charge in [0.1, 0.15) is 5.78 Å². The van der Waals surface area contributed by atoms with E-state index in [-0.39, 0.29) is 11.6 Å². The molecule has 0 unspecified atom stereocenters. The van der Waals surface area contributed by atoms with Crippen LogP contribution in [0.25, 0.3) is 0 Å². The van der Waals surface area contributed by atoms with Crippen molar-refractivity contribution >= 4 is 11.6 Å². The molecule has 0 heterocycles. The van der Waals surface area contributed by atoms with Crippen molar-refractivity contribution in [3.05, 3.63) is 35.4 Å². The van der Waals surface area contributed by atoms with Crippen LogP contribution in [0.3, 0.4) is 0 Å². The Hall–Kier alpha value is -1.44. The van der Waals surface area contributed by atoms with Crippen molar-refractivity contribution in [2.45, 2.75) is 25.7 Å². The van der Waals surface area contributed by atoms with Gasteiger partial charge in [0.15, 0.2) is 5.78 Å². The fourth-order valence-electron chi connectivity index (χ4n) is 1.80. The van der Waals surface area contributed by atoms with E-state index in [1.54, 1.807) is 0 Å². The maximum Gasteiger partial charge on any atom is 0.163 e. The lowest BCUT2D eigenvalue weighted by Gasteiger charge is -2.11. The number of ketones is 2. The van der Waals surface area contributed by atoms with E-state index in [0.29, 0.717) is 25.7 Å². The highest BCUT2D eigenvalue weighted by Crippen LogP contribution is 2.18. The fourth-order valence-corrected chi connectivity index (χ4v) is 1.80. The van der Waals surface area contributed by atoms with Gasteiger partial charge in [0.2, 0.25) is 0 Å². The molecule has 2 rings (SSSR count). The summed E-state index contributed by atoms with van der Waals surface area (Å²) in [6.45, 7) is 0. The molecule has 0 saturated carbocycles. The summed E-state index contributed by atoms with van der Waals surface area (Å²) in [6, 6.07) is 7.58. The number of carbonyl (C=O) groups excluding carboxylic acids is 2. The number of carbonyl (C=O) groups is 2. The van der Waals surface area contributed by atoms with Crippen LogP contribution in [0, 0.1) is 0 Å². The van der Waals surface area contributed by atoms with Crippen LogP contribution in [-0.4, -0.2) is 11.6 Å². The molecule has 1 aliphatic carbocycles. The first kappa shape index (κ1) is 9.13. The van der Waals surface area contributed by atoms with Crippen molar-refractivity contribution in [2.24, 2.45) is 0 Å². The Labute approximate surface area is 82.9 Å². The van der Waals surface area contributed by atoms with Gasteiger partial charge in [-0.3, -0.25) is 9.59 Å². The molecule has 0 bridgehead atoms. The molecule has 0 spiro atoms. The zero-order valence-corrected chi connectivity index (χ0v) is 7.95. The number of rotatable bonds is 0. The Kier molecular flexibility index (Phi) is 2.44. The normalized spacial score (nSPS) is 17.1. The first-order chi connectivity index (χ1) is 6.77. The van der Waals surface area contributed by atoms with Crippen LogP contribution in [0.5, 0.6) is 0 Å². The lowest BCUT2D eigenvalue weighted by Crippen LogP contribution is -2.12. The zero-order valence-electron chi connectivity index (χ0n) is 7.95. The molecule has 0 aromatic heterocycles. The van der Waals surface area contributed by atoms with Crippen molar-refractivity contribution < 1.29 is 9.59 Å². The Bertz CT molecular complexity index is 380. The van der Waals surface area contributed by atoms with Gasteiger partial charge in [-0.15, -0.1) is 0 Å². The predicted octanol–water partition coefficient (Wildman–Crippen LogP) is 2.16. The quantitative estimate of drug-likeness (QED) is 0.625. The van der Waals surface area contributed by atoms with Crippen LogP contribution in [0.1, 0.15) is 35.2 Å². The van der Waals surface area contributed by atoms with E-state index in [1.807, 2.05) is 24.3 Å². The minimum atomic E-state index is 0.105. The fraction of sp³-hybridized carbons (Fsp3) is 0.333. The molecule has 72 valence electrons. The largest absolute Gasteiger partial charge is 0.300 e. The van der Waals surface area contributed by atoms with E-state index < -0.39 is 0 Å². The first-order valence-corrected chi connectivity index (χ1v) is 4.90. The van der Waals surface area contributed by atoms with Crippen molar-refractivity contribution in [1.29, 1.82) is 0 Å². The average Bonchev–Trinajstić information content (AvgIpc) is 2.21. The van der Waals surface area contributed by atoms with Gasteiger partial charge < -0.3 is 0 Å². The number of Topliss-reactive ketones (excluding diaryl/α,β-unsaturated/α-hetero) is 2. The summed E-state index contributed by atoms with van der Waals surface area (Å²) in [5, 5.41) is 0. The van der Waals surface area contributed by atoms with Crippen LogP contribution in [0.2, 0.25) is 0 Å². The molecule has 2 heteroatoms. The molecule has 1 aromatic carbocycles. The van der Waals surface area contributed by atoms with Crippen molar-refractivity contribution in [2.75, 3.05) is 0 Å². The van der Waals surface area contributed by atoms with Gasteiger partial charge in [-0.05, 0) is 12.0 Å². The highest BCUT2D eigenvalue weighted by Gasteiger charge is 2.16. The maximum absolute atomic E-state index is 11.7. The zero-order chi connectivity index (χ0) is 9.97. The summed E-state index contributed by atoms with van der Waals surface area (Å²) in [7, 11) is 0. The monoisotopic (exact) mass is 188 g/mol. The van der Waals surface area contributed by atoms with Gasteiger partial charge in [-0.25, -0.2) is 0 Å². The maximum atomic E-state index is 11.7. The Balaban J connectivity index is 2.38. The minimum absolute atomic E-state index is 0.105. The van der Waals surface area contributed by atoms with E-state index in [4.69, 9.17) is 0 Å². The van der Waals surface area contributed by atoms with Gasteiger partial charge in [-0.1, -0.05) is 24.3 Å². The van der Waals surface area contributed by atoms with E-state index in [9.17, 15) is 9.59 Å². The van der Waals surface area contributed by atoms with Crippen LogP contribution in [0.4, 0.5) is 0 Å². The second-order valence-corrected chi connectivity index (χ2v) is 3.62. The SMILES string of the molecule is O=C1CCC(=O)c2ccccc2CC1. The summed E-state index contributed by atoms with van der Waals surface area (Å²) in [4.78, 5) is 22.9. The van der Waals surface area contributed by atoms with Gasteiger partial charge >= 0.3 is 0 Å². The van der Waals surface area contributed by atoms with Crippen LogP contribution < -0.4 is 0 Å². The molecule has 0 radical (unpaired) electrons. The Morgan fingerprint density at radius 2 is 1.57 bits per heavy atom. The highest BCUT2D eigenvalue weighted by atomic mass is 16.1. The summed E-state index contributed by atoms with van der Waals surface area (Å²) in [5.41, 5.74) is 1.82. The Morgan fingerprint density at radius 3 is 2.43 bits per heavy atom. The summed E-state index contributed by atoms with van der Waals surface area (Å²) < 4.78 is 0. The average molecular weight is 188 g/mol. The predicted molar refractivity (Wildman–Crippen MR) is 53.3 cm³/mol.